The van der Waals surface area contributed by atoms with Gasteiger partial charge in [0, 0.05) is 5.75 Å². The molecule has 0 aliphatic rings. The zero-order chi connectivity index (χ0) is 23.2. The van der Waals surface area contributed by atoms with Gasteiger partial charge in [-0.3, -0.25) is 4.79 Å². The molecule has 166 valence electrons. The second-order valence-corrected chi connectivity index (χ2v) is 8.19. The standard InChI is InChI=1S/C24H20F3NO3S/c25-24(26,27)22(31)28-20(21(29)30)16-32-23(17-10-4-1-5-11-17,18-12-6-2-7-13-18)19-14-8-3-9-15-19/h1-15,20H,16H2,(H,28,31)(H,29,30)/t20-/m0/s1. The summed E-state index contributed by atoms with van der Waals surface area (Å²) in [5.41, 5.74) is 2.48. The number of carbonyl (C=O) groups excluding carboxylic acids is 1. The first-order valence-electron chi connectivity index (χ1n) is 9.66. The van der Waals surface area contributed by atoms with Crippen molar-refractivity contribution in [3.05, 3.63) is 108 Å². The van der Waals surface area contributed by atoms with Crippen LogP contribution in [-0.4, -0.2) is 35.0 Å². The summed E-state index contributed by atoms with van der Waals surface area (Å²) in [5, 5.41) is 11.1. The van der Waals surface area contributed by atoms with Gasteiger partial charge in [-0.05, 0) is 16.7 Å². The molecule has 0 saturated heterocycles. The van der Waals surface area contributed by atoms with Crippen molar-refractivity contribution in [2.24, 2.45) is 0 Å². The van der Waals surface area contributed by atoms with Gasteiger partial charge in [-0.1, -0.05) is 91.0 Å². The Morgan fingerprint density at radius 1 is 0.781 bits per heavy atom. The number of rotatable bonds is 8. The third kappa shape index (κ3) is 5.13. The second-order valence-electron chi connectivity index (χ2n) is 6.95. The third-order valence-corrected chi connectivity index (χ3v) is 6.51. The lowest BCUT2D eigenvalue weighted by molar-refractivity contribution is -0.175. The summed E-state index contributed by atoms with van der Waals surface area (Å²) in [6, 6.07) is 26.2. The molecule has 0 heterocycles. The van der Waals surface area contributed by atoms with E-state index in [1.54, 1.807) is 5.32 Å². The molecule has 3 aromatic carbocycles. The third-order valence-electron chi connectivity index (χ3n) is 4.87. The Morgan fingerprint density at radius 3 is 1.47 bits per heavy atom. The Labute approximate surface area is 187 Å². The first-order valence-corrected chi connectivity index (χ1v) is 10.6. The zero-order valence-corrected chi connectivity index (χ0v) is 17.6. The highest BCUT2D eigenvalue weighted by atomic mass is 32.2. The van der Waals surface area contributed by atoms with Crippen LogP contribution in [0.5, 0.6) is 0 Å². The van der Waals surface area contributed by atoms with Crippen LogP contribution < -0.4 is 5.32 Å². The van der Waals surface area contributed by atoms with Crippen molar-refractivity contribution < 1.29 is 27.9 Å². The minimum Gasteiger partial charge on any atom is -0.480 e. The maximum atomic E-state index is 12.7. The van der Waals surface area contributed by atoms with Gasteiger partial charge in [-0.15, -0.1) is 11.8 Å². The monoisotopic (exact) mass is 459 g/mol. The molecule has 0 radical (unpaired) electrons. The number of carboxylic acids is 1. The van der Waals surface area contributed by atoms with Crippen molar-refractivity contribution in [3.8, 4) is 0 Å². The molecule has 0 saturated carbocycles. The summed E-state index contributed by atoms with van der Waals surface area (Å²) in [6.45, 7) is 0. The average molecular weight is 459 g/mol. The number of benzene rings is 3. The minimum absolute atomic E-state index is 0.296. The molecule has 0 aliphatic carbocycles. The van der Waals surface area contributed by atoms with Gasteiger partial charge < -0.3 is 10.4 Å². The highest BCUT2D eigenvalue weighted by Gasteiger charge is 2.42. The lowest BCUT2D eigenvalue weighted by Crippen LogP contribution is -2.48. The van der Waals surface area contributed by atoms with E-state index < -0.39 is 28.8 Å². The van der Waals surface area contributed by atoms with E-state index >= 15 is 0 Å². The van der Waals surface area contributed by atoms with Crippen LogP contribution in [0.3, 0.4) is 0 Å². The number of alkyl halides is 3. The van der Waals surface area contributed by atoms with Crippen molar-refractivity contribution in [1.29, 1.82) is 0 Å². The quantitative estimate of drug-likeness (QED) is 0.473. The van der Waals surface area contributed by atoms with Gasteiger partial charge in [0.15, 0.2) is 0 Å². The number of carboxylic acid groups (broad SMARTS) is 1. The summed E-state index contributed by atoms with van der Waals surface area (Å²) in [4.78, 5) is 23.1. The summed E-state index contributed by atoms with van der Waals surface area (Å²) in [7, 11) is 0. The van der Waals surface area contributed by atoms with Crippen molar-refractivity contribution in [2.45, 2.75) is 17.0 Å². The molecule has 1 amide bonds. The fraction of sp³-hybridized carbons (Fsp3) is 0.167. The van der Waals surface area contributed by atoms with Crippen LogP contribution in [0.4, 0.5) is 13.2 Å². The highest BCUT2D eigenvalue weighted by molar-refractivity contribution is 8.00. The number of nitrogens with one attached hydrogen (secondary N) is 1. The Kier molecular flexibility index (Phi) is 7.25. The molecule has 3 aromatic rings. The van der Waals surface area contributed by atoms with E-state index in [2.05, 4.69) is 0 Å². The largest absolute Gasteiger partial charge is 0.480 e. The molecule has 8 heteroatoms. The smallest absolute Gasteiger partial charge is 0.471 e. The van der Waals surface area contributed by atoms with E-state index in [4.69, 9.17) is 0 Å². The van der Waals surface area contributed by atoms with Crippen LogP contribution in [-0.2, 0) is 14.3 Å². The van der Waals surface area contributed by atoms with Crippen LogP contribution in [0.15, 0.2) is 91.0 Å². The Bertz CT molecular complexity index is 948. The van der Waals surface area contributed by atoms with Gasteiger partial charge in [0.2, 0.25) is 0 Å². The van der Waals surface area contributed by atoms with Gasteiger partial charge in [-0.25, -0.2) is 4.79 Å². The van der Waals surface area contributed by atoms with Crippen LogP contribution in [0, 0.1) is 0 Å². The van der Waals surface area contributed by atoms with Crippen molar-refractivity contribution in [3.63, 3.8) is 0 Å². The van der Waals surface area contributed by atoms with Crippen LogP contribution in [0.2, 0.25) is 0 Å². The number of amides is 1. The lowest BCUT2D eigenvalue weighted by Gasteiger charge is -2.36. The number of hydrogen-bond acceptors (Lipinski definition) is 3. The molecule has 1 atom stereocenters. The molecule has 0 unspecified atom stereocenters. The predicted molar refractivity (Wildman–Crippen MR) is 117 cm³/mol. The Balaban J connectivity index is 2.08. The van der Waals surface area contributed by atoms with Gasteiger partial charge in [0.1, 0.15) is 6.04 Å². The highest BCUT2D eigenvalue weighted by Crippen LogP contribution is 2.48. The zero-order valence-electron chi connectivity index (χ0n) is 16.8. The SMILES string of the molecule is O=C(O)[C@H](CSC(c1ccccc1)(c1ccccc1)c1ccccc1)NC(=O)C(F)(F)F. The first-order chi connectivity index (χ1) is 15.2. The predicted octanol–water partition coefficient (Wildman–Crippen LogP) is 4.84. The number of halogens is 3. The van der Waals surface area contributed by atoms with Gasteiger partial charge >= 0.3 is 18.1 Å². The van der Waals surface area contributed by atoms with E-state index in [9.17, 15) is 27.9 Å². The number of hydrogen-bond donors (Lipinski definition) is 2. The molecule has 0 fully saturated rings. The molecular formula is C24H20F3NO3S. The molecule has 4 nitrogen and oxygen atoms in total. The fourth-order valence-electron chi connectivity index (χ4n) is 3.39. The second kappa shape index (κ2) is 9.91. The molecule has 32 heavy (non-hydrogen) atoms. The average Bonchev–Trinajstić information content (AvgIpc) is 2.80. The number of aliphatic carboxylic acids is 1. The number of carbonyl (C=O) groups is 2. The number of thioether (sulfide) groups is 1. The van der Waals surface area contributed by atoms with Crippen molar-refractivity contribution in [1.82, 2.24) is 5.32 Å². The van der Waals surface area contributed by atoms with Crippen molar-refractivity contribution >= 4 is 23.6 Å². The van der Waals surface area contributed by atoms with E-state index in [0.29, 0.717) is 0 Å². The summed E-state index contributed by atoms with van der Waals surface area (Å²) >= 11 is 1.15. The Hall–Kier alpha value is -3.26. The molecule has 0 spiro atoms. The first kappa shape index (κ1) is 23.4. The maximum absolute atomic E-state index is 12.7. The van der Waals surface area contributed by atoms with E-state index in [-0.39, 0.29) is 5.75 Å². The molecule has 0 bridgehead atoms. The molecule has 0 aromatic heterocycles. The van der Waals surface area contributed by atoms with Crippen LogP contribution in [0.25, 0.3) is 0 Å². The fourth-order valence-corrected chi connectivity index (χ4v) is 4.94. The summed E-state index contributed by atoms with van der Waals surface area (Å²) in [5.74, 6) is -4.12. The van der Waals surface area contributed by atoms with Gasteiger partial charge in [-0.2, -0.15) is 13.2 Å². The maximum Gasteiger partial charge on any atom is 0.471 e. The summed E-state index contributed by atoms with van der Waals surface area (Å²) < 4.78 is 37.3. The topological polar surface area (TPSA) is 66.4 Å². The van der Waals surface area contributed by atoms with Gasteiger partial charge in [0.25, 0.3) is 0 Å². The van der Waals surface area contributed by atoms with E-state index in [0.717, 1.165) is 28.5 Å². The Morgan fingerprint density at radius 2 is 1.16 bits per heavy atom. The van der Waals surface area contributed by atoms with E-state index in [1.165, 1.54) is 0 Å². The minimum atomic E-state index is -5.17. The van der Waals surface area contributed by atoms with Crippen LogP contribution in [0.1, 0.15) is 16.7 Å². The molecule has 3 rings (SSSR count). The van der Waals surface area contributed by atoms with Crippen molar-refractivity contribution in [2.75, 3.05) is 5.75 Å². The van der Waals surface area contributed by atoms with Gasteiger partial charge in [0.05, 0.1) is 4.75 Å². The molecule has 0 aliphatic heterocycles. The summed E-state index contributed by atoms with van der Waals surface area (Å²) in [6.07, 6.45) is -5.17. The molecule has 2 N–H and O–H groups in total. The lowest BCUT2D eigenvalue weighted by atomic mass is 9.84. The molecular weight excluding hydrogens is 439 g/mol. The normalized spacial score (nSPS) is 12.7. The van der Waals surface area contributed by atoms with Crippen LogP contribution >= 0.6 is 11.8 Å². The van der Waals surface area contributed by atoms with E-state index in [1.807, 2.05) is 91.0 Å².